The third kappa shape index (κ3) is 2.65. The zero-order valence-electron chi connectivity index (χ0n) is 11.5. The minimum Gasteiger partial charge on any atom is -0.383 e. The first-order valence-electron chi connectivity index (χ1n) is 7.18. The number of para-hydroxylation sites is 1. The fourth-order valence-electron chi connectivity index (χ4n) is 2.79. The fraction of sp³-hybridized carbons (Fsp3) is 0.438. The number of hydrogen-bond acceptors (Lipinski definition) is 2. The van der Waals surface area contributed by atoms with Crippen LogP contribution in [0.3, 0.4) is 0 Å². The van der Waals surface area contributed by atoms with E-state index >= 15 is 0 Å². The molecule has 3 heteroatoms. The van der Waals surface area contributed by atoms with Gasteiger partial charge in [-0.05, 0) is 44.7 Å². The molecule has 0 aliphatic heterocycles. The van der Waals surface area contributed by atoms with Gasteiger partial charge in [0.2, 0.25) is 0 Å². The number of nitrogens with zero attached hydrogens (tertiary/aromatic N) is 2. The van der Waals surface area contributed by atoms with E-state index in [0.29, 0.717) is 6.04 Å². The average Bonchev–Trinajstić information content (AvgIpc) is 2.90. The molecule has 0 radical (unpaired) electrons. The van der Waals surface area contributed by atoms with E-state index in [0.717, 1.165) is 13.0 Å². The van der Waals surface area contributed by atoms with Crippen LogP contribution in [0.25, 0.3) is 0 Å². The SMILES string of the molecule is CC(CNc1ccccc1)n1cnc2c1CCCC2. The van der Waals surface area contributed by atoms with Crippen molar-refractivity contribution in [2.75, 3.05) is 11.9 Å². The van der Waals surface area contributed by atoms with Gasteiger partial charge in [-0.15, -0.1) is 0 Å². The van der Waals surface area contributed by atoms with Crippen molar-refractivity contribution in [3.63, 3.8) is 0 Å². The van der Waals surface area contributed by atoms with Gasteiger partial charge in [0.1, 0.15) is 0 Å². The molecule has 0 saturated carbocycles. The Morgan fingerprint density at radius 2 is 2.00 bits per heavy atom. The molecule has 100 valence electrons. The van der Waals surface area contributed by atoms with E-state index in [2.05, 4.69) is 46.1 Å². The third-order valence-electron chi connectivity index (χ3n) is 3.91. The maximum absolute atomic E-state index is 4.57. The number of imidazole rings is 1. The van der Waals surface area contributed by atoms with Crippen LogP contribution in [0.2, 0.25) is 0 Å². The minimum atomic E-state index is 0.439. The van der Waals surface area contributed by atoms with E-state index in [1.807, 2.05) is 12.4 Å². The highest BCUT2D eigenvalue weighted by Crippen LogP contribution is 2.23. The normalized spacial score (nSPS) is 15.8. The van der Waals surface area contributed by atoms with Crippen molar-refractivity contribution < 1.29 is 0 Å². The zero-order valence-corrected chi connectivity index (χ0v) is 11.5. The van der Waals surface area contributed by atoms with Gasteiger partial charge in [0, 0.05) is 24.0 Å². The molecule has 0 bridgehead atoms. The molecular weight excluding hydrogens is 234 g/mol. The van der Waals surface area contributed by atoms with E-state index < -0.39 is 0 Å². The molecule has 2 aromatic rings. The van der Waals surface area contributed by atoms with E-state index in [1.54, 1.807) is 0 Å². The Morgan fingerprint density at radius 3 is 2.84 bits per heavy atom. The first-order valence-corrected chi connectivity index (χ1v) is 7.18. The number of nitrogens with one attached hydrogen (secondary N) is 1. The van der Waals surface area contributed by atoms with E-state index in [1.165, 1.54) is 36.3 Å². The first-order chi connectivity index (χ1) is 9.34. The predicted molar refractivity (Wildman–Crippen MR) is 78.5 cm³/mol. The summed E-state index contributed by atoms with van der Waals surface area (Å²) in [6.45, 7) is 3.19. The maximum atomic E-state index is 4.57. The third-order valence-corrected chi connectivity index (χ3v) is 3.91. The second-order valence-corrected chi connectivity index (χ2v) is 5.35. The van der Waals surface area contributed by atoms with Gasteiger partial charge < -0.3 is 9.88 Å². The molecule has 1 unspecified atom stereocenters. The predicted octanol–water partition coefficient (Wildman–Crippen LogP) is 3.44. The van der Waals surface area contributed by atoms with Crippen LogP contribution in [0.4, 0.5) is 5.69 Å². The quantitative estimate of drug-likeness (QED) is 0.907. The molecule has 1 aromatic carbocycles. The summed E-state index contributed by atoms with van der Waals surface area (Å²) < 4.78 is 2.35. The summed E-state index contributed by atoms with van der Waals surface area (Å²) in [5.41, 5.74) is 3.95. The molecule has 1 heterocycles. The smallest absolute Gasteiger partial charge is 0.0954 e. The van der Waals surface area contributed by atoms with Crippen LogP contribution in [0, 0.1) is 0 Å². The molecule has 0 amide bonds. The number of aromatic nitrogens is 2. The molecule has 1 atom stereocenters. The van der Waals surface area contributed by atoms with Crippen molar-refractivity contribution >= 4 is 5.69 Å². The lowest BCUT2D eigenvalue weighted by Gasteiger charge is -2.20. The van der Waals surface area contributed by atoms with Crippen molar-refractivity contribution in [3.8, 4) is 0 Å². The Labute approximate surface area is 114 Å². The highest BCUT2D eigenvalue weighted by molar-refractivity contribution is 5.42. The molecule has 0 saturated heterocycles. The topological polar surface area (TPSA) is 29.9 Å². The first kappa shape index (κ1) is 12.3. The van der Waals surface area contributed by atoms with Crippen LogP contribution in [-0.2, 0) is 12.8 Å². The van der Waals surface area contributed by atoms with Crippen LogP contribution in [0.1, 0.15) is 37.2 Å². The lowest BCUT2D eigenvalue weighted by atomic mass is 10.0. The van der Waals surface area contributed by atoms with Gasteiger partial charge >= 0.3 is 0 Å². The molecule has 1 aliphatic carbocycles. The van der Waals surface area contributed by atoms with Crippen molar-refractivity contribution in [3.05, 3.63) is 48.0 Å². The van der Waals surface area contributed by atoms with Gasteiger partial charge in [0.15, 0.2) is 0 Å². The van der Waals surface area contributed by atoms with E-state index in [4.69, 9.17) is 0 Å². The van der Waals surface area contributed by atoms with E-state index in [-0.39, 0.29) is 0 Å². The molecule has 19 heavy (non-hydrogen) atoms. The molecule has 0 fully saturated rings. The van der Waals surface area contributed by atoms with Gasteiger partial charge in [-0.2, -0.15) is 0 Å². The summed E-state index contributed by atoms with van der Waals surface area (Å²) in [7, 11) is 0. The van der Waals surface area contributed by atoms with Crippen LogP contribution in [-0.4, -0.2) is 16.1 Å². The van der Waals surface area contributed by atoms with Crippen LogP contribution < -0.4 is 5.32 Å². The van der Waals surface area contributed by atoms with Crippen molar-refractivity contribution in [2.24, 2.45) is 0 Å². The van der Waals surface area contributed by atoms with Gasteiger partial charge in [-0.1, -0.05) is 18.2 Å². The molecule has 1 aromatic heterocycles. The highest BCUT2D eigenvalue weighted by Gasteiger charge is 2.17. The zero-order chi connectivity index (χ0) is 13.1. The van der Waals surface area contributed by atoms with Crippen molar-refractivity contribution in [1.82, 2.24) is 9.55 Å². The summed E-state index contributed by atoms with van der Waals surface area (Å²) >= 11 is 0. The Bertz CT molecular complexity index is 530. The molecule has 1 N–H and O–H groups in total. The Hall–Kier alpha value is -1.77. The largest absolute Gasteiger partial charge is 0.383 e. The Morgan fingerprint density at radius 1 is 1.21 bits per heavy atom. The van der Waals surface area contributed by atoms with Gasteiger partial charge in [-0.3, -0.25) is 0 Å². The van der Waals surface area contributed by atoms with Crippen molar-refractivity contribution in [2.45, 2.75) is 38.6 Å². The Balaban J connectivity index is 1.67. The summed E-state index contributed by atoms with van der Waals surface area (Å²) in [5.74, 6) is 0. The monoisotopic (exact) mass is 255 g/mol. The van der Waals surface area contributed by atoms with Crippen LogP contribution in [0.15, 0.2) is 36.7 Å². The standard InChI is InChI=1S/C16H21N3/c1-13(11-17-14-7-3-2-4-8-14)19-12-18-15-9-5-6-10-16(15)19/h2-4,7-8,12-13,17H,5-6,9-11H2,1H3. The molecule has 3 rings (SSSR count). The summed E-state index contributed by atoms with van der Waals surface area (Å²) in [5, 5.41) is 3.49. The number of rotatable bonds is 4. The number of fused-ring (bicyclic) bond motifs is 1. The average molecular weight is 255 g/mol. The van der Waals surface area contributed by atoms with Crippen LogP contribution in [0.5, 0.6) is 0 Å². The second kappa shape index (κ2) is 5.47. The fourth-order valence-corrected chi connectivity index (χ4v) is 2.79. The maximum Gasteiger partial charge on any atom is 0.0954 e. The molecule has 1 aliphatic rings. The molecule has 0 spiro atoms. The number of benzene rings is 1. The molecular formula is C16H21N3. The molecule has 3 nitrogen and oxygen atoms in total. The van der Waals surface area contributed by atoms with Gasteiger partial charge in [-0.25, -0.2) is 4.98 Å². The number of aryl methyl sites for hydroxylation is 1. The van der Waals surface area contributed by atoms with Crippen LogP contribution >= 0.6 is 0 Å². The minimum absolute atomic E-state index is 0.439. The summed E-state index contributed by atoms with van der Waals surface area (Å²) in [6, 6.07) is 10.8. The highest BCUT2D eigenvalue weighted by atomic mass is 15.1. The summed E-state index contributed by atoms with van der Waals surface area (Å²) in [6.07, 6.45) is 6.96. The van der Waals surface area contributed by atoms with Gasteiger partial charge in [0.05, 0.1) is 12.0 Å². The van der Waals surface area contributed by atoms with Gasteiger partial charge in [0.25, 0.3) is 0 Å². The van der Waals surface area contributed by atoms with E-state index in [9.17, 15) is 0 Å². The summed E-state index contributed by atoms with van der Waals surface area (Å²) in [4.78, 5) is 4.57. The lowest BCUT2D eigenvalue weighted by Crippen LogP contribution is -2.18. The second-order valence-electron chi connectivity index (χ2n) is 5.35. The van der Waals surface area contributed by atoms with Crippen molar-refractivity contribution in [1.29, 1.82) is 0 Å². The number of hydrogen-bond donors (Lipinski definition) is 1. The number of anilines is 1. The Kier molecular flexibility index (Phi) is 3.53. The lowest BCUT2D eigenvalue weighted by molar-refractivity contribution is 0.531.